The van der Waals surface area contributed by atoms with Gasteiger partial charge in [0.15, 0.2) is 0 Å². The molecule has 0 fully saturated rings. The van der Waals surface area contributed by atoms with Crippen molar-refractivity contribution in [1.82, 2.24) is 5.32 Å². The minimum atomic E-state index is -0.736. The summed E-state index contributed by atoms with van der Waals surface area (Å²) in [7, 11) is 0. The van der Waals surface area contributed by atoms with Gasteiger partial charge in [-0.2, -0.15) is 0 Å². The van der Waals surface area contributed by atoms with Crippen molar-refractivity contribution in [3.8, 4) is 0 Å². The monoisotopic (exact) mass is 277 g/mol. The molecule has 5 nitrogen and oxygen atoms in total. The van der Waals surface area contributed by atoms with Gasteiger partial charge < -0.3 is 16.8 Å². The zero-order valence-corrected chi connectivity index (χ0v) is 12.0. The van der Waals surface area contributed by atoms with Gasteiger partial charge in [0, 0.05) is 6.42 Å². The van der Waals surface area contributed by atoms with Crippen molar-refractivity contribution in [3.63, 3.8) is 0 Å². The first-order chi connectivity index (χ1) is 9.45. The summed E-state index contributed by atoms with van der Waals surface area (Å²) in [4.78, 5) is 23.5. The number of hydrogen-bond donors (Lipinski definition) is 3. The van der Waals surface area contributed by atoms with E-state index in [0.29, 0.717) is 6.42 Å². The van der Waals surface area contributed by atoms with Gasteiger partial charge in [0.2, 0.25) is 11.8 Å². The van der Waals surface area contributed by atoms with Crippen molar-refractivity contribution in [2.24, 2.45) is 17.4 Å². The maximum Gasteiger partial charge on any atom is 0.240 e. The van der Waals surface area contributed by atoms with E-state index in [-0.39, 0.29) is 11.8 Å². The molecule has 1 aromatic rings. The normalized spacial score (nSPS) is 15.2. The van der Waals surface area contributed by atoms with Crippen molar-refractivity contribution in [1.29, 1.82) is 0 Å². The van der Waals surface area contributed by atoms with E-state index in [1.807, 2.05) is 44.2 Å². The van der Waals surface area contributed by atoms with E-state index in [0.717, 1.165) is 12.0 Å². The molecule has 0 radical (unpaired) electrons. The Kier molecular flexibility index (Phi) is 6.18. The number of nitrogens with two attached hydrogens (primary N) is 2. The van der Waals surface area contributed by atoms with E-state index in [4.69, 9.17) is 11.5 Å². The lowest BCUT2D eigenvalue weighted by Crippen LogP contribution is -2.53. The minimum Gasteiger partial charge on any atom is -0.368 e. The number of rotatable bonds is 7. The van der Waals surface area contributed by atoms with Crippen LogP contribution in [0.25, 0.3) is 0 Å². The van der Waals surface area contributed by atoms with Gasteiger partial charge in [-0.3, -0.25) is 9.59 Å². The lowest BCUT2D eigenvalue weighted by molar-refractivity contribution is -0.128. The Bertz CT molecular complexity index is 448. The van der Waals surface area contributed by atoms with Crippen molar-refractivity contribution in [2.75, 3.05) is 0 Å². The third-order valence-electron chi connectivity index (χ3n) is 3.50. The van der Waals surface area contributed by atoms with Gasteiger partial charge in [-0.25, -0.2) is 0 Å². The molecular formula is C15H23N3O2. The Morgan fingerprint density at radius 2 is 1.85 bits per heavy atom. The van der Waals surface area contributed by atoms with Crippen molar-refractivity contribution in [3.05, 3.63) is 35.9 Å². The zero-order valence-electron chi connectivity index (χ0n) is 12.0. The van der Waals surface area contributed by atoms with Gasteiger partial charge in [-0.1, -0.05) is 50.6 Å². The van der Waals surface area contributed by atoms with Gasteiger partial charge in [0.25, 0.3) is 0 Å². The summed E-state index contributed by atoms with van der Waals surface area (Å²) in [5.41, 5.74) is 12.1. The van der Waals surface area contributed by atoms with Crippen LogP contribution < -0.4 is 16.8 Å². The molecule has 5 heteroatoms. The highest BCUT2D eigenvalue weighted by Gasteiger charge is 2.24. The van der Waals surface area contributed by atoms with Crippen LogP contribution in [-0.2, 0) is 16.0 Å². The molecule has 0 unspecified atom stereocenters. The molecule has 110 valence electrons. The Hall–Kier alpha value is -1.88. The molecule has 1 aromatic carbocycles. The Morgan fingerprint density at radius 1 is 1.25 bits per heavy atom. The summed E-state index contributed by atoms with van der Waals surface area (Å²) in [6.07, 6.45) is 1.17. The molecule has 0 spiro atoms. The van der Waals surface area contributed by atoms with Gasteiger partial charge in [-0.15, -0.1) is 0 Å². The molecule has 0 heterocycles. The van der Waals surface area contributed by atoms with E-state index in [9.17, 15) is 9.59 Å². The lowest BCUT2D eigenvalue weighted by atomic mass is 9.98. The molecule has 20 heavy (non-hydrogen) atoms. The highest BCUT2D eigenvalue weighted by atomic mass is 16.2. The van der Waals surface area contributed by atoms with E-state index in [2.05, 4.69) is 5.32 Å². The smallest absolute Gasteiger partial charge is 0.240 e. The molecule has 0 aliphatic rings. The van der Waals surface area contributed by atoms with E-state index < -0.39 is 18.0 Å². The Morgan fingerprint density at radius 3 is 2.35 bits per heavy atom. The summed E-state index contributed by atoms with van der Waals surface area (Å²) in [6.45, 7) is 3.87. The average Bonchev–Trinajstić information content (AvgIpc) is 2.45. The zero-order chi connectivity index (χ0) is 15.1. The van der Waals surface area contributed by atoms with Crippen LogP contribution >= 0.6 is 0 Å². The molecule has 1 rings (SSSR count). The molecule has 0 saturated carbocycles. The maximum atomic E-state index is 12.0. The molecule has 0 aliphatic heterocycles. The van der Waals surface area contributed by atoms with Crippen LogP contribution in [0.2, 0.25) is 0 Å². The van der Waals surface area contributed by atoms with Crippen LogP contribution in [0.15, 0.2) is 30.3 Å². The van der Waals surface area contributed by atoms with Gasteiger partial charge in [-0.05, 0) is 11.5 Å². The second kappa shape index (κ2) is 7.65. The van der Waals surface area contributed by atoms with E-state index >= 15 is 0 Å². The molecule has 0 aromatic heterocycles. The third-order valence-corrected chi connectivity index (χ3v) is 3.50. The predicted molar refractivity (Wildman–Crippen MR) is 78.7 cm³/mol. The molecular weight excluding hydrogens is 254 g/mol. The first kappa shape index (κ1) is 16.2. The van der Waals surface area contributed by atoms with Crippen molar-refractivity contribution < 1.29 is 9.59 Å². The maximum absolute atomic E-state index is 12.0. The second-order valence-corrected chi connectivity index (χ2v) is 5.06. The highest BCUT2D eigenvalue weighted by molar-refractivity contribution is 5.89. The highest BCUT2D eigenvalue weighted by Crippen LogP contribution is 2.07. The molecule has 0 bridgehead atoms. The Labute approximate surface area is 119 Å². The molecule has 2 amide bonds. The largest absolute Gasteiger partial charge is 0.368 e. The Balaban J connectivity index is 2.68. The van der Waals surface area contributed by atoms with Crippen molar-refractivity contribution >= 4 is 11.8 Å². The van der Waals surface area contributed by atoms with Crippen LogP contribution in [0, 0.1) is 5.92 Å². The molecule has 0 aliphatic carbocycles. The summed E-state index contributed by atoms with van der Waals surface area (Å²) in [5.74, 6) is -0.835. The van der Waals surface area contributed by atoms with Crippen molar-refractivity contribution in [2.45, 2.75) is 38.8 Å². The lowest BCUT2D eigenvalue weighted by Gasteiger charge is -2.21. The number of amides is 2. The van der Waals surface area contributed by atoms with E-state index in [1.165, 1.54) is 0 Å². The first-order valence-corrected chi connectivity index (χ1v) is 6.84. The van der Waals surface area contributed by atoms with Crippen LogP contribution in [0.1, 0.15) is 25.8 Å². The number of primary amides is 1. The number of hydrogen-bond acceptors (Lipinski definition) is 3. The molecule has 3 atom stereocenters. The first-order valence-electron chi connectivity index (χ1n) is 6.84. The van der Waals surface area contributed by atoms with Crippen LogP contribution in [0.3, 0.4) is 0 Å². The summed E-state index contributed by atoms with van der Waals surface area (Å²) < 4.78 is 0. The second-order valence-electron chi connectivity index (χ2n) is 5.06. The predicted octanol–water partition coefficient (Wildman–Crippen LogP) is 0.573. The van der Waals surface area contributed by atoms with Crippen LogP contribution in [-0.4, -0.2) is 23.9 Å². The van der Waals surface area contributed by atoms with Gasteiger partial charge in [0.05, 0.1) is 6.04 Å². The van der Waals surface area contributed by atoms with Crippen LogP contribution in [0.5, 0.6) is 0 Å². The summed E-state index contributed by atoms with van der Waals surface area (Å²) >= 11 is 0. The quantitative estimate of drug-likeness (QED) is 0.679. The fourth-order valence-electron chi connectivity index (χ4n) is 1.85. The SMILES string of the molecule is CC[C@H](C)[C@@H](N)C(=O)N[C@H](Cc1ccccc1)C(N)=O. The fraction of sp³-hybridized carbons (Fsp3) is 0.467. The summed E-state index contributed by atoms with van der Waals surface area (Å²) in [5, 5.41) is 2.64. The third kappa shape index (κ3) is 4.66. The molecule has 0 saturated heterocycles. The topological polar surface area (TPSA) is 98.2 Å². The number of carbonyl (C=O) groups excluding carboxylic acids is 2. The van der Waals surface area contributed by atoms with E-state index in [1.54, 1.807) is 0 Å². The standard InChI is InChI=1S/C15H23N3O2/c1-3-10(2)13(16)15(20)18-12(14(17)19)9-11-7-5-4-6-8-11/h4-8,10,12-13H,3,9,16H2,1-2H3,(H2,17,19)(H,18,20)/t10-,12+,13+/m0/s1. The van der Waals surface area contributed by atoms with Gasteiger partial charge in [0.1, 0.15) is 6.04 Å². The number of carbonyl (C=O) groups is 2. The van der Waals surface area contributed by atoms with Gasteiger partial charge >= 0.3 is 0 Å². The molecule has 5 N–H and O–H groups in total. The minimum absolute atomic E-state index is 0.0558. The van der Waals surface area contributed by atoms with Crippen LogP contribution in [0.4, 0.5) is 0 Å². The summed E-state index contributed by atoms with van der Waals surface area (Å²) in [6, 6.07) is 8.05. The number of nitrogens with one attached hydrogen (secondary N) is 1. The average molecular weight is 277 g/mol. The number of benzene rings is 1. The fourth-order valence-corrected chi connectivity index (χ4v) is 1.85.